The standard InChI is InChI=1S/C11H22N2O2/c1-7(14)10(2,3)13-9(15)11(4,12)8-5-6-8/h7-8,14H,5-6,12H2,1-4H3,(H,13,15). The second-order valence-corrected chi connectivity index (χ2v) is 5.41. The van der Waals surface area contributed by atoms with Crippen molar-refractivity contribution in [3.05, 3.63) is 0 Å². The number of aliphatic hydroxyl groups is 1. The molecule has 1 rings (SSSR count). The summed E-state index contributed by atoms with van der Waals surface area (Å²) >= 11 is 0. The number of nitrogens with two attached hydrogens (primary N) is 1. The van der Waals surface area contributed by atoms with Crippen LogP contribution in [0.15, 0.2) is 0 Å². The zero-order valence-corrected chi connectivity index (χ0v) is 10.0. The van der Waals surface area contributed by atoms with Crippen molar-refractivity contribution in [2.24, 2.45) is 11.7 Å². The molecule has 15 heavy (non-hydrogen) atoms. The highest BCUT2D eigenvalue weighted by Crippen LogP contribution is 2.38. The third-order valence-corrected chi connectivity index (χ3v) is 3.39. The lowest BCUT2D eigenvalue weighted by Crippen LogP contribution is -2.61. The second-order valence-electron chi connectivity index (χ2n) is 5.41. The maximum Gasteiger partial charge on any atom is 0.240 e. The molecule has 0 radical (unpaired) electrons. The van der Waals surface area contributed by atoms with E-state index >= 15 is 0 Å². The fourth-order valence-corrected chi connectivity index (χ4v) is 1.40. The van der Waals surface area contributed by atoms with E-state index in [1.165, 1.54) is 0 Å². The number of aliphatic hydroxyl groups excluding tert-OH is 1. The van der Waals surface area contributed by atoms with Crippen LogP contribution < -0.4 is 11.1 Å². The van der Waals surface area contributed by atoms with Crippen LogP contribution in [0.4, 0.5) is 0 Å². The summed E-state index contributed by atoms with van der Waals surface area (Å²) in [5, 5.41) is 12.3. The van der Waals surface area contributed by atoms with E-state index < -0.39 is 17.2 Å². The van der Waals surface area contributed by atoms with E-state index in [-0.39, 0.29) is 5.91 Å². The predicted molar refractivity (Wildman–Crippen MR) is 59.2 cm³/mol. The van der Waals surface area contributed by atoms with Gasteiger partial charge in [-0.25, -0.2) is 0 Å². The zero-order chi connectivity index (χ0) is 11.9. The highest BCUT2D eigenvalue weighted by molar-refractivity contribution is 5.87. The molecule has 0 aliphatic heterocycles. The van der Waals surface area contributed by atoms with E-state index in [1.54, 1.807) is 27.7 Å². The minimum Gasteiger partial charge on any atom is -0.391 e. The molecule has 1 amide bonds. The third-order valence-electron chi connectivity index (χ3n) is 3.39. The van der Waals surface area contributed by atoms with Crippen LogP contribution in [0.5, 0.6) is 0 Å². The van der Waals surface area contributed by atoms with E-state index in [9.17, 15) is 9.90 Å². The van der Waals surface area contributed by atoms with E-state index in [0.29, 0.717) is 5.92 Å². The maximum atomic E-state index is 11.9. The van der Waals surface area contributed by atoms with Crippen LogP contribution in [0.1, 0.15) is 40.5 Å². The van der Waals surface area contributed by atoms with Crippen LogP contribution in [0.3, 0.4) is 0 Å². The average molecular weight is 214 g/mol. The fraction of sp³-hybridized carbons (Fsp3) is 0.909. The van der Waals surface area contributed by atoms with Crippen molar-refractivity contribution in [3.63, 3.8) is 0 Å². The summed E-state index contributed by atoms with van der Waals surface area (Å²) in [5.41, 5.74) is 4.55. The molecule has 0 saturated heterocycles. The number of amides is 1. The normalized spacial score (nSPS) is 23.1. The molecule has 0 heterocycles. The summed E-state index contributed by atoms with van der Waals surface area (Å²) < 4.78 is 0. The SMILES string of the molecule is CC(O)C(C)(C)NC(=O)C(C)(N)C1CC1. The van der Waals surface area contributed by atoms with Gasteiger partial charge in [-0.2, -0.15) is 0 Å². The van der Waals surface area contributed by atoms with Crippen molar-refractivity contribution in [3.8, 4) is 0 Å². The van der Waals surface area contributed by atoms with Crippen LogP contribution in [0, 0.1) is 5.92 Å². The molecule has 0 aromatic carbocycles. The van der Waals surface area contributed by atoms with Gasteiger partial charge in [0.05, 0.1) is 17.2 Å². The first-order chi connectivity index (χ1) is 6.68. The minimum absolute atomic E-state index is 0.170. The molecular formula is C11H22N2O2. The van der Waals surface area contributed by atoms with Crippen LogP contribution >= 0.6 is 0 Å². The molecule has 1 fully saturated rings. The molecule has 2 atom stereocenters. The Balaban J connectivity index is 2.62. The summed E-state index contributed by atoms with van der Waals surface area (Å²) in [6.07, 6.45) is 1.45. The molecule has 1 aliphatic carbocycles. The zero-order valence-electron chi connectivity index (χ0n) is 10.0. The van der Waals surface area contributed by atoms with Crippen molar-refractivity contribution < 1.29 is 9.90 Å². The molecule has 1 saturated carbocycles. The van der Waals surface area contributed by atoms with Crippen molar-refractivity contribution in [2.45, 2.75) is 57.7 Å². The number of carbonyl (C=O) groups excluding carboxylic acids is 1. The number of hydrogen-bond acceptors (Lipinski definition) is 3. The van der Waals surface area contributed by atoms with Gasteiger partial charge in [-0.15, -0.1) is 0 Å². The number of carbonyl (C=O) groups is 1. The molecule has 88 valence electrons. The summed E-state index contributed by atoms with van der Waals surface area (Å²) in [4.78, 5) is 11.9. The van der Waals surface area contributed by atoms with Gasteiger partial charge in [0, 0.05) is 0 Å². The Morgan fingerprint density at radius 3 is 2.27 bits per heavy atom. The van der Waals surface area contributed by atoms with E-state index in [2.05, 4.69) is 5.32 Å². The van der Waals surface area contributed by atoms with E-state index in [4.69, 9.17) is 5.73 Å². The first-order valence-electron chi connectivity index (χ1n) is 5.47. The lowest BCUT2D eigenvalue weighted by molar-refractivity contribution is -0.129. The average Bonchev–Trinajstić information content (AvgIpc) is 2.84. The predicted octanol–water partition coefficient (Wildman–Crippen LogP) is 0.389. The van der Waals surface area contributed by atoms with Gasteiger partial charge in [0.1, 0.15) is 0 Å². The highest BCUT2D eigenvalue weighted by atomic mass is 16.3. The van der Waals surface area contributed by atoms with Gasteiger partial charge in [0.25, 0.3) is 0 Å². The molecule has 0 bridgehead atoms. The molecule has 1 aliphatic rings. The quantitative estimate of drug-likeness (QED) is 0.633. The second kappa shape index (κ2) is 3.76. The topological polar surface area (TPSA) is 75.3 Å². The van der Waals surface area contributed by atoms with Gasteiger partial charge in [-0.3, -0.25) is 4.79 Å². The van der Waals surface area contributed by atoms with Crippen molar-refractivity contribution in [1.29, 1.82) is 0 Å². The molecule has 2 unspecified atom stereocenters. The number of hydrogen-bond donors (Lipinski definition) is 3. The summed E-state index contributed by atoms with van der Waals surface area (Å²) in [7, 11) is 0. The van der Waals surface area contributed by atoms with E-state index in [1.807, 2.05) is 0 Å². The lowest BCUT2D eigenvalue weighted by atomic mass is 9.92. The molecule has 0 aromatic heterocycles. The van der Waals surface area contributed by atoms with Crippen LogP contribution in [0.25, 0.3) is 0 Å². The summed E-state index contributed by atoms with van der Waals surface area (Å²) in [6.45, 7) is 7.00. The first-order valence-corrected chi connectivity index (χ1v) is 5.47. The van der Waals surface area contributed by atoms with Gasteiger partial charge in [-0.1, -0.05) is 0 Å². The molecule has 0 aromatic rings. The number of nitrogens with one attached hydrogen (secondary N) is 1. The molecule has 4 nitrogen and oxygen atoms in total. The largest absolute Gasteiger partial charge is 0.391 e. The van der Waals surface area contributed by atoms with Gasteiger partial charge in [0.15, 0.2) is 0 Å². The van der Waals surface area contributed by atoms with Gasteiger partial charge in [-0.05, 0) is 46.5 Å². The fourth-order valence-electron chi connectivity index (χ4n) is 1.40. The Morgan fingerprint density at radius 1 is 1.47 bits per heavy atom. The Morgan fingerprint density at radius 2 is 1.93 bits per heavy atom. The highest BCUT2D eigenvalue weighted by Gasteiger charge is 2.45. The van der Waals surface area contributed by atoms with Gasteiger partial charge < -0.3 is 16.2 Å². The van der Waals surface area contributed by atoms with Crippen molar-refractivity contribution >= 4 is 5.91 Å². The molecular weight excluding hydrogens is 192 g/mol. The smallest absolute Gasteiger partial charge is 0.240 e. The first kappa shape index (κ1) is 12.5. The molecule has 0 spiro atoms. The monoisotopic (exact) mass is 214 g/mol. The Bertz CT molecular complexity index is 255. The van der Waals surface area contributed by atoms with Crippen molar-refractivity contribution in [1.82, 2.24) is 5.32 Å². The summed E-state index contributed by atoms with van der Waals surface area (Å²) in [5.74, 6) is 0.123. The Hall–Kier alpha value is -0.610. The van der Waals surface area contributed by atoms with Gasteiger partial charge >= 0.3 is 0 Å². The van der Waals surface area contributed by atoms with Crippen LogP contribution in [-0.2, 0) is 4.79 Å². The van der Waals surface area contributed by atoms with Crippen LogP contribution in [-0.4, -0.2) is 28.2 Å². The van der Waals surface area contributed by atoms with E-state index in [0.717, 1.165) is 12.8 Å². The number of rotatable bonds is 4. The lowest BCUT2D eigenvalue weighted by Gasteiger charge is -2.34. The summed E-state index contributed by atoms with van der Waals surface area (Å²) in [6, 6.07) is 0. The minimum atomic E-state index is -0.799. The molecule has 4 N–H and O–H groups in total. The Labute approximate surface area is 91.2 Å². The van der Waals surface area contributed by atoms with Crippen molar-refractivity contribution in [2.75, 3.05) is 0 Å². The molecule has 4 heteroatoms. The maximum absolute atomic E-state index is 11.9. The Kier molecular flexibility index (Phi) is 3.12. The third kappa shape index (κ3) is 2.69. The van der Waals surface area contributed by atoms with Gasteiger partial charge in [0.2, 0.25) is 5.91 Å². The van der Waals surface area contributed by atoms with Crippen LogP contribution in [0.2, 0.25) is 0 Å².